The maximum Gasteiger partial charge on any atom is 0.334 e. The summed E-state index contributed by atoms with van der Waals surface area (Å²) < 4.78 is 17.4. The lowest BCUT2D eigenvalue weighted by atomic mass is 9.98. The number of aliphatic hydroxyl groups is 3. The van der Waals surface area contributed by atoms with Crippen LogP contribution in [0.2, 0.25) is 0 Å². The van der Waals surface area contributed by atoms with Gasteiger partial charge in [0.25, 0.3) is 0 Å². The minimum absolute atomic E-state index is 0.0748. The highest BCUT2D eigenvalue weighted by Gasteiger charge is 2.36. The SMILES string of the molecule is CCCCCCCCCCCC[C@H](O)[C@@H]1CC[C@H]([C@H](O)CC[C@H](O)[C@H]2CC[C@@H](CCCCCCCC3=C[C@@H](C)OC3=O)O2)O1. The van der Waals surface area contributed by atoms with Crippen molar-refractivity contribution in [2.24, 2.45) is 0 Å². The van der Waals surface area contributed by atoms with Crippen LogP contribution in [0, 0.1) is 0 Å². The van der Waals surface area contributed by atoms with E-state index in [4.69, 9.17) is 14.2 Å². The predicted molar refractivity (Wildman–Crippen MR) is 175 cm³/mol. The van der Waals surface area contributed by atoms with Gasteiger partial charge in [0.1, 0.15) is 6.10 Å². The molecule has 2 saturated heterocycles. The monoisotopic (exact) mass is 622 g/mol. The minimum atomic E-state index is -0.615. The molecule has 0 aromatic rings. The lowest BCUT2D eigenvalue weighted by Gasteiger charge is -2.24. The second-order valence-corrected chi connectivity index (χ2v) is 14.0. The first-order valence-electron chi connectivity index (χ1n) is 18.6. The number of hydrogen-bond donors (Lipinski definition) is 3. The number of carbonyl (C=O) groups excluding carboxylic acids is 1. The van der Waals surface area contributed by atoms with Gasteiger partial charge in [-0.2, -0.15) is 0 Å². The van der Waals surface area contributed by atoms with Crippen LogP contribution in [-0.4, -0.2) is 70.1 Å². The van der Waals surface area contributed by atoms with Crippen LogP contribution in [0.4, 0.5) is 0 Å². The number of rotatable bonds is 25. The number of cyclic esters (lactones) is 1. The first-order valence-corrected chi connectivity index (χ1v) is 18.6. The van der Waals surface area contributed by atoms with Crippen molar-refractivity contribution in [3.63, 3.8) is 0 Å². The summed E-state index contributed by atoms with van der Waals surface area (Å²) >= 11 is 0. The number of unbranched alkanes of at least 4 members (excludes halogenated alkanes) is 13. The van der Waals surface area contributed by atoms with Crippen LogP contribution in [0.15, 0.2) is 11.6 Å². The third-order valence-corrected chi connectivity index (χ3v) is 10.1. The van der Waals surface area contributed by atoms with Crippen molar-refractivity contribution in [3.05, 3.63) is 11.6 Å². The molecular formula is C37H66O7. The van der Waals surface area contributed by atoms with Gasteiger partial charge in [-0.05, 0) is 77.2 Å². The highest BCUT2D eigenvalue weighted by molar-refractivity contribution is 5.90. The van der Waals surface area contributed by atoms with Gasteiger partial charge in [0, 0.05) is 5.57 Å². The number of carbonyl (C=O) groups is 1. The van der Waals surface area contributed by atoms with Gasteiger partial charge >= 0.3 is 5.97 Å². The molecule has 0 aromatic carbocycles. The number of ether oxygens (including phenoxy) is 3. The lowest BCUT2D eigenvalue weighted by molar-refractivity contribution is -0.139. The van der Waals surface area contributed by atoms with Gasteiger partial charge in [-0.1, -0.05) is 96.8 Å². The van der Waals surface area contributed by atoms with E-state index < -0.39 is 18.3 Å². The molecule has 3 heterocycles. The third kappa shape index (κ3) is 14.2. The molecular weight excluding hydrogens is 556 g/mol. The fraction of sp³-hybridized carbons (Fsp3) is 0.919. The first kappa shape index (κ1) is 37.5. The zero-order chi connectivity index (χ0) is 31.6. The fourth-order valence-corrected chi connectivity index (χ4v) is 7.26. The highest BCUT2D eigenvalue weighted by atomic mass is 16.5. The van der Waals surface area contributed by atoms with Crippen LogP contribution in [0.5, 0.6) is 0 Å². The molecule has 0 spiro atoms. The van der Waals surface area contributed by atoms with E-state index in [1.54, 1.807) is 0 Å². The zero-order valence-corrected chi connectivity index (χ0v) is 28.1. The number of hydrogen-bond acceptors (Lipinski definition) is 7. The smallest absolute Gasteiger partial charge is 0.334 e. The molecule has 0 saturated carbocycles. The molecule has 44 heavy (non-hydrogen) atoms. The molecule has 3 aliphatic rings. The summed E-state index contributed by atoms with van der Waals surface area (Å²) in [5, 5.41) is 32.2. The Kier molecular flexibility index (Phi) is 18.5. The van der Waals surface area contributed by atoms with Gasteiger partial charge in [-0.25, -0.2) is 4.79 Å². The Hall–Kier alpha value is -0.990. The van der Waals surface area contributed by atoms with E-state index >= 15 is 0 Å². The summed E-state index contributed by atoms with van der Waals surface area (Å²) in [6.45, 7) is 4.16. The number of esters is 1. The van der Waals surface area contributed by atoms with E-state index in [1.165, 1.54) is 57.8 Å². The van der Waals surface area contributed by atoms with Crippen LogP contribution in [-0.2, 0) is 19.0 Å². The van der Waals surface area contributed by atoms with Gasteiger partial charge in [0.2, 0.25) is 0 Å². The zero-order valence-electron chi connectivity index (χ0n) is 28.1. The second kappa shape index (κ2) is 21.7. The summed E-state index contributed by atoms with van der Waals surface area (Å²) in [4.78, 5) is 11.7. The maximum atomic E-state index is 11.7. The molecule has 0 aromatic heterocycles. The van der Waals surface area contributed by atoms with Crippen molar-refractivity contribution < 1.29 is 34.3 Å². The van der Waals surface area contributed by atoms with Crippen molar-refractivity contribution in [3.8, 4) is 0 Å². The standard InChI is InChI=1S/C37H66O7/c1-3-4-5-6-7-8-9-10-14-17-20-31(38)35-25-26-36(44-35)33(40)23-22-32(39)34-24-21-30(43-34)19-16-13-11-12-15-18-29-27-28(2)42-37(29)41/h27-28,30-36,38-40H,3-26H2,1-2H3/t28-,30-,31+,32+,33-,34-,35+,36-/m1/s1. The quantitative estimate of drug-likeness (QED) is 0.0703. The third-order valence-electron chi connectivity index (χ3n) is 10.1. The highest BCUT2D eigenvalue weighted by Crippen LogP contribution is 2.31. The maximum absolute atomic E-state index is 11.7. The molecule has 0 radical (unpaired) electrons. The van der Waals surface area contributed by atoms with Crippen molar-refractivity contribution in [1.82, 2.24) is 0 Å². The Morgan fingerprint density at radius 3 is 1.75 bits per heavy atom. The summed E-state index contributed by atoms with van der Waals surface area (Å²) in [6, 6.07) is 0. The molecule has 2 fully saturated rings. The van der Waals surface area contributed by atoms with Gasteiger partial charge in [0.05, 0.1) is 42.7 Å². The average molecular weight is 623 g/mol. The number of aliphatic hydroxyl groups excluding tert-OH is 3. The summed E-state index contributed by atoms with van der Waals surface area (Å²) in [7, 11) is 0. The first-order chi connectivity index (χ1) is 21.4. The van der Waals surface area contributed by atoms with E-state index in [1.807, 2.05) is 13.0 Å². The summed E-state index contributed by atoms with van der Waals surface area (Å²) in [5.41, 5.74) is 0.836. The van der Waals surface area contributed by atoms with E-state index in [2.05, 4.69) is 6.92 Å². The minimum Gasteiger partial charge on any atom is -0.455 e. The Bertz CT molecular complexity index is 801. The Balaban J connectivity index is 1.16. The molecule has 256 valence electrons. The molecule has 0 aliphatic carbocycles. The predicted octanol–water partition coefficient (Wildman–Crippen LogP) is 7.86. The molecule has 3 rings (SSSR count). The van der Waals surface area contributed by atoms with Crippen LogP contribution in [0.1, 0.15) is 168 Å². The van der Waals surface area contributed by atoms with Crippen LogP contribution >= 0.6 is 0 Å². The van der Waals surface area contributed by atoms with E-state index in [0.29, 0.717) is 12.8 Å². The molecule has 8 atom stereocenters. The molecule has 7 heteroatoms. The second-order valence-electron chi connectivity index (χ2n) is 14.0. The van der Waals surface area contributed by atoms with Crippen LogP contribution < -0.4 is 0 Å². The Morgan fingerprint density at radius 1 is 0.659 bits per heavy atom. The fourth-order valence-electron chi connectivity index (χ4n) is 7.26. The molecule has 0 unspecified atom stereocenters. The summed E-state index contributed by atoms with van der Waals surface area (Å²) in [6.07, 6.45) is 25.4. The van der Waals surface area contributed by atoms with Crippen molar-refractivity contribution >= 4 is 5.97 Å². The lowest BCUT2D eigenvalue weighted by Crippen LogP contribution is -2.33. The van der Waals surface area contributed by atoms with E-state index in [-0.39, 0.29) is 36.5 Å². The van der Waals surface area contributed by atoms with Gasteiger partial charge in [-0.15, -0.1) is 0 Å². The van der Waals surface area contributed by atoms with E-state index in [0.717, 1.165) is 89.0 Å². The molecule has 3 N–H and O–H groups in total. The average Bonchev–Trinajstić information content (AvgIpc) is 3.76. The Morgan fingerprint density at radius 2 is 1.16 bits per heavy atom. The molecule has 3 aliphatic heterocycles. The van der Waals surface area contributed by atoms with Gasteiger partial charge in [0.15, 0.2) is 0 Å². The molecule has 0 amide bonds. The van der Waals surface area contributed by atoms with Crippen LogP contribution in [0.25, 0.3) is 0 Å². The van der Waals surface area contributed by atoms with Crippen LogP contribution in [0.3, 0.4) is 0 Å². The van der Waals surface area contributed by atoms with E-state index in [9.17, 15) is 20.1 Å². The topological polar surface area (TPSA) is 105 Å². The van der Waals surface area contributed by atoms with Crippen molar-refractivity contribution in [2.75, 3.05) is 0 Å². The Labute approximate surface area is 268 Å². The normalized spacial score (nSPS) is 27.4. The largest absolute Gasteiger partial charge is 0.455 e. The van der Waals surface area contributed by atoms with Gasteiger partial charge < -0.3 is 29.5 Å². The van der Waals surface area contributed by atoms with Crippen molar-refractivity contribution in [1.29, 1.82) is 0 Å². The summed E-state index contributed by atoms with van der Waals surface area (Å²) in [5.74, 6) is -0.146. The molecule has 7 nitrogen and oxygen atoms in total. The van der Waals surface area contributed by atoms with Crippen molar-refractivity contribution in [2.45, 2.75) is 217 Å². The van der Waals surface area contributed by atoms with Gasteiger partial charge in [-0.3, -0.25) is 0 Å². The molecule has 0 bridgehead atoms.